The van der Waals surface area contributed by atoms with E-state index in [1.807, 2.05) is 30.3 Å². The Kier molecular flexibility index (Phi) is 8.67. The smallest absolute Gasteiger partial charge is 0.370 e. The fourth-order valence-electron chi connectivity index (χ4n) is 4.32. The van der Waals surface area contributed by atoms with Crippen LogP contribution in [0, 0.1) is 0 Å². The zero-order valence-corrected chi connectivity index (χ0v) is 18.8. The summed E-state index contributed by atoms with van der Waals surface area (Å²) in [6.07, 6.45) is -3.62. The molecule has 1 aliphatic heterocycles. The van der Waals surface area contributed by atoms with Crippen molar-refractivity contribution in [2.45, 2.75) is 51.2 Å². The standard InChI is InChI=1S/C24H28F3N5O2.CH4/c1-23(30,14-15-5-3-2-4-6-15)21(34)32-11-9-16(10-12-32)18-8-7-17(20(33)31-22(28)29)13-19(18)24(25,26)27;/h2-8,13,16H,9-12,14,30H2,1H3,(H4,28,29,31,33);1H4/t23-;/m0./s1. The van der Waals surface area contributed by atoms with Gasteiger partial charge in [0, 0.05) is 18.7 Å². The van der Waals surface area contributed by atoms with Gasteiger partial charge >= 0.3 is 6.18 Å². The van der Waals surface area contributed by atoms with Crippen LogP contribution in [0.4, 0.5) is 13.2 Å². The first-order valence-corrected chi connectivity index (χ1v) is 10.9. The average Bonchev–Trinajstić information content (AvgIpc) is 2.77. The molecule has 2 amide bonds. The lowest BCUT2D eigenvalue weighted by Gasteiger charge is -2.37. The molecule has 0 spiro atoms. The van der Waals surface area contributed by atoms with Crippen molar-refractivity contribution in [1.82, 2.24) is 4.90 Å². The Bertz CT molecular complexity index is 1070. The molecule has 2 aromatic carbocycles. The number of carbonyl (C=O) groups excluding carboxylic acids is 2. The van der Waals surface area contributed by atoms with E-state index in [0.717, 1.165) is 11.6 Å². The van der Waals surface area contributed by atoms with Gasteiger partial charge in [-0.15, -0.1) is 0 Å². The number of hydrogen-bond acceptors (Lipinski definition) is 3. The first-order chi connectivity index (χ1) is 15.9. The van der Waals surface area contributed by atoms with Gasteiger partial charge in [-0.3, -0.25) is 9.59 Å². The second-order valence-electron chi connectivity index (χ2n) is 8.79. The number of hydrogen-bond donors (Lipinski definition) is 3. The minimum Gasteiger partial charge on any atom is -0.370 e. The Morgan fingerprint density at radius 1 is 1.06 bits per heavy atom. The summed E-state index contributed by atoms with van der Waals surface area (Å²) in [7, 11) is 0. The summed E-state index contributed by atoms with van der Waals surface area (Å²) in [6.45, 7) is 2.25. The largest absolute Gasteiger partial charge is 0.416 e. The highest BCUT2D eigenvalue weighted by molar-refractivity contribution is 6.02. The van der Waals surface area contributed by atoms with E-state index in [-0.39, 0.29) is 37.6 Å². The number of rotatable bonds is 5. The van der Waals surface area contributed by atoms with Crippen molar-refractivity contribution in [3.05, 3.63) is 70.8 Å². The lowest BCUT2D eigenvalue weighted by molar-refractivity contribution is -0.140. The second kappa shape index (κ2) is 10.9. The highest BCUT2D eigenvalue weighted by atomic mass is 19.4. The number of halogens is 3. The van der Waals surface area contributed by atoms with E-state index in [1.165, 1.54) is 12.1 Å². The van der Waals surface area contributed by atoms with Crippen LogP contribution < -0.4 is 17.2 Å². The first kappa shape index (κ1) is 27.8. The van der Waals surface area contributed by atoms with Gasteiger partial charge in [-0.1, -0.05) is 43.8 Å². The zero-order valence-electron chi connectivity index (χ0n) is 18.8. The van der Waals surface area contributed by atoms with Crippen LogP contribution in [0.5, 0.6) is 0 Å². The van der Waals surface area contributed by atoms with E-state index >= 15 is 0 Å². The normalized spacial score (nSPS) is 16.1. The molecule has 1 saturated heterocycles. The zero-order chi connectivity index (χ0) is 25.1. The first-order valence-electron chi connectivity index (χ1n) is 10.9. The molecule has 1 atom stereocenters. The third kappa shape index (κ3) is 6.82. The van der Waals surface area contributed by atoms with E-state index < -0.39 is 35.1 Å². The van der Waals surface area contributed by atoms with Crippen molar-refractivity contribution in [3.63, 3.8) is 0 Å². The topological polar surface area (TPSA) is 128 Å². The number of aliphatic imine (C=N–C) groups is 1. The molecule has 0 bridgehead atoms. The highest BCUT2D eigenvalue weighted by Gasteiger charge is 2.39. The Hall–Kier alpha value is -3.40. The van der Waals surface area contributed by atoms with Crippen molar-refractivity contribution in [2.75, 3.05) is 13.1 Å². The van der Waals surface area contributed by atoms with Crippen molar-refractivity contribution in [3.8, 4) is 0 Å². The van der Waals surface area contributed by atoms with Crippen LogP contribution in [0.25, 0.3) is 0 Å². The Balaban J connectivity index is 0.00000432. The summed E-state index contributed by atoms with van der Waals surface area (Å²) in [4.78, 5) is 30.0. The van der Waals surface area contributed by atoms with Gasteiger partial charge in [-0.05, 0) is 55.4 Å². The molecular weight excluding hydrogens is 459 g/mol. The number of carbonyl (C=O) groups is 2. The van der Waals surface area contributed by atoms with Crippen LogP contribution in [-0.4, -0.2) is 41.3 Å². The molecular formula is C25H32F3N5O2. The summed E-state index contributed by atoms with van der Waals surface area (Å²) in [5.74, 6) is -2.13. The summed E-state index contributed by atoms with van der Waals surface area (Å²) in [6, 6.07) is 12.8. The average molecular weight is 492 g/mol. The number of nitrogens with zero attached hydrogens (tertiary/aromatic N) is 2. The second-order valence-corrected chi connectivity index (χ2v) is 8.79. The number of nitrogens with two attached hydrogens (primary N) is 3. The monoisotopic (exact) mass is 491 g/mol. The van der Waals surface area contributed by atoms with Gasteiger partial charge in [0.05, 0.1) is 11.1 Å². The van der Waals surface area contributed by atoms with Gasteiger partial charge in [0.25, 0.3) is 5.91 Å². The molecule has 190 valence electrons. The van der Waals surface area contributed by atoms with E-state index in [4.69, 9.17) is 17.2 Å². The molecule has 0 unspecified atom stereocenters. The Labute approximate surface area is 203 Å². The van der Waals surface area contributed by atoms with Crippen molar-refractivity contribution in [2.24, 2.45) is 22.2 Å². The molecule has 35 heavy (non-hydrogen) atoms. The lowest BCUT2D eigenvalue weighted by atomic mass is 9.84. The molecule has 7 nitrogen and oxygen atoms in total. The van der Waals surface area contributed by atoms with Crippen molar-refractivity contribution < 1.29 is 22.8 Å². The Morgan fingerprint density at radius 3 is 2.20 bits per heavy atom. The minimum absolute atomic E-state index is 0. The predicted octanol–water partition coefficient (Wildman–Crippen LogP) is 3.42. The number of guanidine groups is 1. The Morgan fingerprint density at radius 2 is 1.66 bits per heavy atom. The molecule has 2 aromatic rings. The van der Waals surface area contributed by atoms with Crippen molar-refractivity contribution in [1.29, 1.82) is 0 Å². The van der Waals surface area contributed by atoms with Crippen molar-refractivity contribution >= 4 is 17.8 Å². The molecule has 0 aliphatic carbocycles. The number of alkyl halides is 3. The number of piperidine rings is 1. The lowest BCUT2D eigenvalue weighted by Crippen LogP contribution is -2.56. The molecule has 1 fully saturated rings. The van der Waals surface area contributed by atoms with E-state index in [2.05, 4.69) is 4.99 Å². The summed E-state index contributed by atoms with van der Waals surface area (Å²) >= 11 is 0. The maximum absolute atomic E-state index is 13.8. The van der Waals surface area contributed by atoms with Crippen LogP contribution in [0.1, 0.15) is 60.2 Å². The summed E-state index contributed by atoms with van der Waals surface area (Å²) < 4.78 is 41.4. The fraction of sp³-hybridized carbons (Fsp3) is 0.400. The van der Waals surface area contributed by atoms with Crippen LogP contribution >= 0.6 is 0 Å². The molecule has 1 aliphatic rings. The summed E-state index contributed by atoms with van der Waals surface area (Å²) in [5.41, 5.74) is 15.4. The quantitative estimate of drug-likeness (QED) is 0.436. The maximum atomic E-state index is 13.8. The molecule has 0 radical (unpaired) electrons. The third-order valence-corrected chi connectivity index (χ3v) is 5.96. The van der Waals surface area contributed by atoms with Crippen LogP contribution in [-0.2, 0) is 17.4 Å². The molecule has 0 saturated carbocycles. The van der Waals surface area contributed by atoms with Gasteiger partial charge in [-0.2, -0.15) is 18.2 Å². The highest BCUT2D eigenvalue weighted by Crippen LogP contribution is 2.39. The minimum atomic E-state index is -4.66. The van der Waals surface area contributed by atoms with Crippen LogP contribution in [0.3, 0.4) is 0 Å². The maximum Gasteiger partial charge on any atom is 0.416 e. The van der Waals surface area contributed by atoms with Gasteiger partial charge < -0.3 is 22.1 Å². The van der Waals surface area contributed by atoms with Crippen LogP contribution in [0.15, 0.2) is 53.5 Å². The number of likely N-dealkylation sites (tertiary alicyclic amines) is 1. The number of amides is 2. The number of benzene rings is 2. The molecule has 6 N–H and O–H groups in total. The van der Waals surface area contributed by atoms with E-state index in [1.54, 1.807) is 11.8 Å². The predicted molar refractivity (Wildman–Crippen MR) is 130 cm³/mol. The van der Waals surface area contributed by atoms with Gasteiger partial charge in [0.1, 0.15) is 0 Å². The third-order valence-electron chi connectivity index (χ3n) is 5.96. The van der Waals surface area contributed by atoms with E-state index in [0.29, 0.717) is 19.3 Å². The van der Waals surface area contributed by atoms with Gasteiger partial charge in [-0.25, -0.2) is 0 Å². The van der Waals surface area contributed by atoms with Gasteiger partial charge in [0.2, 0.25) is 5.91 Å². The molecule has 3 rings (SSSR count). The SMILES string of the molecule is C.C[C@](N)(Cc1ccccc1)C(=O)N1CCC(c2ccc(C(=O)N=C(N)N)cc2C(F)(F)F)CC1. The summed E-state index contributed by atoms with van der Waals surface area (Å²) in [5, 5.41) is 0. The molecule has 0 aromatic heterocycles. The van der Waals surface area contributed by atoms with E-state index in [9.17, 15) is 22.8 Å². The fourth-order valence-corrected chi connectivity index (χ4v) is 4.32. The van der Waals surface area contributed by atoms with Gasteiger partial charge in [0.15, 0.2) is 5.96 Å². The molecule has 10 heteroatoms. The van der Waals surface area contributed by atoms with Crippen LogP contribution in [0.2, 0.25) is 0 Å². The molecule has 1 heterocycles.